The lowest BCUT2D eigenvalue weighted by molar-refractivity contribution is -0.127. The number of likely N-dealkylation sites (tertiary alicyclic amines) is 1. The topological polar surface area (TPSA) is 60.2 Å². The van der Waals surface area contributed by atoms with Crippen molar-refractivity contribution in [3.05, 3.63) is 47.0 Å². The fraction of sp³-hybridized carbons (Fsp3) is 0.526. The molecule has 0 unspecified atom stereocenters. The minimum absolute atomic E-state index is 0.261. The Bertz CT molecular complexity index is 746. The van der Waals surface area contributed by atoms with Gasteiger partial charge in [-0.3, -0.25) is 4.79 Å². The second kappa shape index (κ2) is 6.96. The van der Waals surface area contributed by atoms with E-state index in [1.165, 1.54) is 11.1 Å². The third-order valence-corrected chi connectivity index (χ3v) is 5.17. The summed E-state index contributed by atoms with van der Waals surface area (Å²) < 4.78 is 7.29. The number of carbonyl (C=O) groups excluding carboxylic acids is 1. The van der Waals surface area contributed by atoms with Crippen LogP contribution in [0.5, 0.6) is 0 Å². The molecule has 1 fully saturated rings. The standard InChI is InChI=1S/C19H24N4O2/c1-25-13-17-20-18(8-10-22-9-4-7-19(22)24)23(21-17)16-11-14-5-2-3-6-15(14)12-16/h2-3,5-6,16H,4,7-13H2,1H3. The average molecular weight is 340 g/mol. The van der Waals surface area contributed by atoms with Crippen LogP contribution in [-0.2, 0) is 35.4 Å². The number of rotatable bonds is 6. The highest BCUT2D eigenvalue weighted by atomic mass is 16.5. The molecule has 6 heteroatoms. The van der Waals surface area contributed by atoms with Gasteiger partial charge in [0, 0.05) is 33.0 Å². The molecule has 0 bridgehead atoms. The maximum Gasteiger partial charge on any atom is 0.222 e. The summed E-state index contributed by atoms with van der Waals surface area (Å²) in [5.74, 6) is 1.95. The van der Waals surface area contributed by atoms with E-state index in [4.69, 9.17) is 9.84 Å². The zero-order valence-electron chi connectivity index (χ0n) is 14.6. The van der Waals surface area contributed by atoms with Gasteiger partial charge in [0.25, 0.3) is 0 Å². The van der Waals surface area contributed by atoms with Gasteiger partial charge in [0.15, 0.2) is 5.82 Å². The summed E-state index contributed by atoms with van der Waals surface area (Å²) in [5.41, 5.74) is 2.80. The summed E-state index contributed by atoms with van der Waals surface area (Å²) >= 11 is 0. The zero-order valence-corrected chi connectivity index (χ0v) is 14.6. The fourth-order valence-corrected chi connectivity index (χ4v) is 3.94. The maximum atomic E-state index is 11.9. The number of ether oxygens (including phenoxy) is 1. The van der Waals surface area contributed by atoms with Gasteiger partial charge in [0.05, 0.1) is 6.04 Å². The van der Waals surface area contributed by atoms with Crippen molar-refractivity contribution in [1.82, 2.24) is 19.7 Å². The number of hydrogen-bond acceptors (Lipinski definition) is 4. The van der Waals surface area contributed by atoms with E-state index in [-0.39, 0.29) is 5.91 Å². The molecule has 0 spiro atoms. The first-order valence-corrected chi connectivity index (χ1v) is 9.02. The van der Waals surface area contributed by atoms with E-state index < -0.39 is 0 Å². The van der Waals surface area contributed by atoms with Crippen molar-refractivity contribution in [1.29, 1.82) is 0 Å². The van der Waals surface area contributed by atoms with Crippen LogP contribution in [-0.4, -0.2) is 45.8 Å². The lowest BCUT2D eigenvalue weighted by Crippen LogP contribution is -2.28. The number of fused-ring (bicyclic) bond motifs is 1. The Morgan fingerprint density at radius 1 is 1.24 bits per heavy atom. The molecule has 132 valence electrons. The predicted octanol–water partition coefficient (Wildman–Crippen LogP) is 1.93. The van der Waals surface area contributed by atoms with Gasteiger partial charge in [-0.05, 0) is 30.4 Å². The first-order chi connectivity index (χ1) is 12.2. The van der Waals surface area contributed by atoms with Crippen LogP contribution in [0.4, 0.5) is 0 Å². The van der Waals surface area contributed by atoms with Crippen LogP contribution >= 0.6 is 0 Å². The second-order valence-electron chi connectivity index (χ2n) is 6.89. The molecule has 1 aliphatic heterocycles. The number of carbonyl (C=O) groups is 1. The normalized spacial score (nSPS) is 17.5. The van der Waals surface area contributed by atoms with Gasteiger partial charge < -0.3 is 9.64 Å². The van der Waals surface area contributed by atoms with E-state index in [0.717, 1.165) is 50.4 Å². The van der Waals surface area contributed by atoms with Gasteiger partial charge in [-0.2, -0.15) is 5.10 Å². The molecule has 4 rings (SSSR count). The highest BCUT2D eigenvalue weighted by Gasteiger charge is 2.27. The first kappa shape index (κ1) is 16.3. The molecule has 1 aromatic heterocycles. The number of aromatic nitrogens is 3. The van der Waals surface area contributed by atoms with E-state index in [9.17, 15) is 4.79 Å². The Hall–Kier alpha value is -2.21. The molecule has 1 aromatic carbocycles. The largest absolute Gasteiger partial charge is 0.377 e. The van der Waals surface area contributed by atoms with Crippen LogP contribution in [0.15, 0.2) is 24.3 Å². The van der Waals surface area contributed by atoms with Gasteiger partial charge in [-0.25, -0.2) is 9.67 Å². The monoisotopic (exact) mass is 340 g/mol. The van der Waals surface area contributed by atoms with Crippen molar-refractivity contribution in [3.63, 3.8) is 0 Å². The molecule has 1 aliphatic carbocycles. The van der Waals surface area contributed by atoms with Crippen molar-refractivity contribution < 1.29 is 9.53 Å². The van der Waals surface area contributed by atoms with Crippen molar-refractivity contribution in [2.45, 2.75) is 44.8 Å². The Labute approximate surface area is 147 Å². The third kappa shape index (κ3) is 3.31. The summed E-state index contributed by atoms with van der Waals surface area (Å²) in [7, 11) is 1.66. The van der Waals surface area contributed by atoms with E-state index in [1.54, 1.807) is 7.11 Å². The SMILES string of the molecule is COCc1nc(CCN2CCCC2=O)n(C2Cc3ccccc3C2)n1. The Balaban J connectivity index is 1.53. The minimum Gasteiger partial charge on any atom is -0.377 e. The molecule has 0 N–H and O–H groups in total. The Morgan fingerprint density at radius 3 is 2.64 bits per heavy atom. The molecule has 6 nitrogen and oxygen atoms in total. The molecule has 1 amide bonds. The summed E-state index contributed by atoms with van der Waals surface area (Å²) in [4.78, 5) is 18.5. The highest BCUT2D eigenvalue weighted by Crippen LogP contribution is 2.30. The lowest BCUT2D eigenvalue weighted by Gasteiger charge is -2.17. The van der Waals surface area contributed by atoms with Crippen LogP contribution in [0.1, 0.15) is 41.7 Å². The van der Waals surface area contributed by atoms with E-state index in [2.05, 4.69) is 33.9 Å². The summed E-state index contributed by atoms with van der Waals surface area (Å²) in [5, 5.41) is 4.71. The van der Waals surface area contributed by atoms with Crippen LogP contribution in [0.2, 0.25) is 0 Å². The average Bonchev–Trinajstić information content (AvgIpc) is 3.31. The maximum absolute atomic E-state index is 11.9. The van der Waals surface area contributed by atoms with E-state index in [1.807, 2.05) is 4.90 Å². The molecule has 0 saturated carbocycles. The molecular formula is C19H24N4O2. The number of nitrogens with zero attached hydrogens (tertiary/aromatic N) is 4. The van der Waals surface area contributed by atoms with Gasteiger partial charge in [-0.1, -0.05) is 24.3 Å². The molecule has 0 radical (unpaired) electrons. The number of methoxy groups -OCH3 is 1. The molecular weight excluding hydrogens is 316 g/mol. The predicted molar refractivity (Wildman–Crippen MR) is 93.1 cm³/mol. The minimum atomic E-state index is 0.261. The number of hydrogen-bond donors (Lipinski definition) is 0. The summed E-state index contributed by atoms with van der Waals surface area (Å²) in [6, 6.07) is 8.90. The van der Waals surface area contributed by atoms with Crippen molar-refractivity contribution in [2.24, 2.45) is 0 Å². The van der Waals surface area contributed by atoms with E-state index in [0.29, 0.717) is 19.1 Å². The van der Waals surface area contributed by atoms with Crippen molar-refractivity contribution >= 4 is 5.91 Å². The highest BCUT2D eigenvalue weighted by molar-refractivity contribution is 5.78. The Kier molecular flexibility index (Phi) is 4.53. The quantitative estimate of drug-likeness (QED) is 0.806. The van der Waals surface area contributed by atoms with E-state index >= 15 is 0 Å². The molecule has 2 aliphatic rings. The molecule has 2 heterocycles. The molecule has 0 atom stereocenters. The van der Waals surface area contributed by atoms with Crippen molar-refractivity contribution in [3.8, 4) is 0 Å². The summed E-state index contributed by atoms with van der Waals surface area (Å²) in [6.07, 6.45) is 4.37. The fourth-order valence-electron chi connectivity index (χ4n) is 3.94. The first-order valence-electron chi connectivity index (χ1n) is 9.02. The lowest BCUT2D eigenvalue weighted by atomic mass is 10.1. The number of benzene rings is 1. The second-order valence-corrected chi connectivity index (χ2v) is 6.89. The van der Waals surface area contributed by atoms with Crippen molar-refractivity contribution in [2.75, 3.05) is 20.2 Å². The van der Waals surface area contributed by atoms with Crippen LogP contribution in [0.3, 0.4) is 0 Å². The van der Waals surface area contributed by atoms with Crippen LogP contribution in [0.25, 0.3) is 0 Å². The zero-order chi connectivity index (χ0) is 17.2. The van der Waals surface area contributed by atoms with Gasteiger partial charge in [0.2, 0.25) is 5.91 Å². The van der Waals surface area contributed by atoms with Gasteiger partial charge in [-0.15, -0.1) is 0 Å². The van der Waals surface area contributed by atoms with Crippen LogP contribution < -0.4 is 0 Å². The smallest absolute Gasteiger partial charge is 0.222 e. The summed E-state index contributed by atoms with van der Waals surface area (Å²) in [6.45, 7) is 2.01. The van der Waals surface area contributed by atoms with Gasteiger partial charge in [0.1, 0.15) is 12.4 Å². The van der Waals surface area contributed by atoms with Crippen LogP contribution in [0, 0.1) is 0 Å². The Morgan fingerprint density at radius 2 is 2.00 bits per heavy atom. The molecule has 25 heavy (non-hydrogen) atoms. The number of amides is 1. The molecule has 1 saturated heterocycles. The van der Waals surface area contributed by atoms with Gasteiger partial charge >= 0.3 is 0 Å². The molecule has 2 aromatic rings. The third-order valence-electron chi connectivity index (χ3n) is 5.17.